The van der Waals surface area contributed by atoms with Crippen molar-refractivity contribution in [2.24, 2.45) is 0 Å². The maximum absolute atomic E-state index is 10.2. The summed E-state index contributed by atoms with van der Waals surface area (Å²) in [5.74, 6) is -0.476. The Kier molecular flexibility index (Phi) is 1.20. The van der Waals surface area contributed by atoms with Crippen LogP contribution in [-0.2, 0) is 0 Å². The minimum Gasteiger partial charge on any atom is -0.390 e. The molecule has 0 atom stereocenters. The van der Waals surface area contributed by atoms with Crippen LogP contribution in [0.4, 0.5) is 5.95 Å². The molecule has 0 fully saturated rings. The number of rotatable bonds is 1. The zero-order valence-corrected chi connectivity index (χ0v) is 5.63. The van der Waals surface area contributed by atoms with Gasteiger partial charge in [-0.1, -0.05) is 4.98 Å². The van der Waals surface area contributed by atoms with Crippen LogP contribution in [0.2, 0.25) is 0 Å². The minimum atomic E-state index is -0.686. The van der Waals surface area contributed by atoms with Gasteiger partial charge in [0.25, 0.3) is 5.65 Å². The number of aromatic nitrogens is 5. The Hall–Kier alpha value is -2.12. The van der Waals surface area contributed by atoms with Crippen LogP contribution in [0.5, 0.6) is 0 Å². The highest BCUT2D eigenvalue weighted by Crippen LogP contribution is 2.06. The smallest absolute Gasteiger partial charge is 0.390 e. The zero-order chi connectivity index (χ0) is 8.55. The molecule has 0 spiro atoms. The van der Waals surface area contributed by atoms with Crippen LogP contribution in [0.1, 0.15) is 0 Å². The summed E-state index contributed by atoms with van der Waals surface area (Å²) in [5, 5.41) is 19.7. The second-order valence-corrected chi connectivity index (χ2v) is 1.96. The van der Waals surface area contributed by atoms with Gasteiger partial charge in [-0.05, 0) is 9.91 Å². The number of nitro groups is 1. The van der Waals surface area contributed by atoms with Crippen molar-refractivity contribution in [3.8, 4) is 0 Å². The monoisotopic (exact) mass is 166 g/mol. The molecule has 0 aliphatic heterocycles. The molecule has 8 heteroatoms. The highest BCUT2D eigenvalue weighted by molar-refractivity contribution is 5.67. The average Bonchev–Trinajstić information content (AvgIpc) is 2.49. The maximum Gasteiger partial charge on any atom is 0.471 e. The molecule has 8 nitrogen and oxygen atoms in total. The topological polar surface area (TPSA) is 110 Å². The first-order valence-corrected chi connectivity index (χ1v) is 2.95. The molecule has 60 valence electrons. The third-order valence-corrected chi connectivity index (χ3v) is 1.23. The summed E-state index contributed by atoms with van der Waals surface area (Å²) in [6.45, 7) is 0. The summed E-state index contributed by atoms with van der Waals surface area (Å²) in [5.41, 5.74) is 0.595. The number of nitrogens with one attached hydrogen (secondary N) is 1. The molecular formula is C4H2N6O2. The predicted octanol–water partition coefficient (Wildman–Crippen LogP) is -0.344. The van der Waals surface area contributed by atoms with Gasteiger partial charge in [-0.25, -0.2) is 0 Å². The lowest BCUT2D eigenvalue weighted by Crippen LogP contribution is -1.95. The molecule has 0 amide bonds. The van der Waals surface area contributed by atoms with E-state index in [2.05, 4.69) is 25.4 Å². The maximum atomic E-state index is 10.2. The number of hydrogen-bond acceptors (Lipinski definition) is 6. The van der Waals surface area contributed by atoms with Crippen LogP contribution in [0.25, 0.3) is 11.2 Å². The number of hydrogen-bond donors (Lipinski definition) is 1. The van der Waals surface area contributed by atoms with Gasteiger partial charge in [0, 0.05) is 0 Å². The van der Waals surface area contributed by atoms with Crippen LogP contribution < -0.4 is 0 Å². The fourth-order valence-corrected chi connectivity index (χ4v) is 0.733. The molecule has 2 aromatic rings. The number of nitrogens with zero attached hydrogens (tertiary/aromatic N) is 5. The van der Waals surface area contributed by atoms with E-state index in [1.807, 2.05) is 0 Å². The fraction of sp³-hybridized carbons (Fsp3) is 0. The summed E-state index contributed by atoms with van der Waals surface area (Å²) in [7, 11) is 0. The molecule has 0 aromatic carbocycles. The van der Waals surface area contributed by atoms with Crippen molar-refractivity contribution in [2.45, 2.75) is 0 Å². The van der Waals surface area contributed by atoms with Gasteiger partial charge in [0.15, 0.2) is 5.52 Å². The molecule has 0 aliphatic carbocycles. The Labute approximate surface area is 64.8 Å². The molecule has 0 saturated carbocycles. The van der Waals surface area contributed by atoms with E-state index < -0.39 is 10.9 Å². The Bertz CT molecular complexity index is 436. The first-order valence-electron chi connectivity index (χ1n) is 2.95. The quantitative estimate of drug-likeness (QED) is 0.458. The number of aromatic amines is 1. The van der Waals surface area contributed by atoms with E-state index in [9.17, 15) is 10.1 Å². The van der Waals surface area contributed by atoms with Crippen molar-refractivity contribution >= 4 is 17.1 Å². The van der Waals surface area contributed by atoms with Gasteiger partial charge in [0.05, 0.1) is 0 Å². The molecule has 2 heterocycles. The van der Waals surface area contributed by atoms with Gasteiger partial charge in [-0.2, -0.15) is 5.21 Å². The second-order valence-electron chi connectivity index (χ2n) is 1.96. The highest BCUT2D eigenvalue weighted by atomic mass is 16.6. The largest absolute Gasteiger partial charge is 0.471 e. The van der Waals surface area contributed by atoms with Crippen molar-refractivity contribution in [2.75, 3.05) is 0 Å². The normalized spacial score (nSPS) is 10.3. The molecule has 1 N–H and O–H groups in total. The van der Waals surface area contributed by atoms with E-state index in [-0.39, 0.29) is 5.65 Å². The first-order chi connectivity index (χ1) is 5.77. The summed E-state index contributed by atoms with van der Waals surface area (Å²) < 4.78 is 0. The SMILES string of the molecule is O=[N+]([O-])c1ncc2n[nH]nc2n1. The molecule has 2 aromatic heterocycles. The van der Waals surface area contributed by atoms with E-state index in [1.54, 1.807) is 0 Å². The van der Waals surface area contributed by atoms with Crippen molar-refractivity contribution in [1.29, 1.82) is 0 Å². The van der Waals surface area contributed by atoms with Crippen molar-refractivity contribution in [3.63, 3.8) is 0 Å². The van der Waals surface area contributed by atoms with Crippen LogP contribution >= 0.6 is 0 Å². The van der Waals surface area contributed by atoms with Crippen LogP contribution in [-0.4, -0.2) is 30.3 Å². The van der Waals surface area contributed by atoms with Gasteiger partial charge in [0.1, 0.15) is 6.20 Å². The van der Waals surface area contributed by atoms with E-state index >= 15 is 0 Å². The van der Waals surface area contributed by atoms with Crippen LogP contribution in [0.15, 0.2) is 6.20 Å². The lowest BCUT2D eigenvalue weighted by atomic mass is 10.6. The Balaban J connectivity index is 2.68. The van der Waals surface area contributed by atoms with Crippen molar-refractivity contribution < 1.29 is 4.92 Å². The lowest BCUT2D eigenvalue weighted by molar-refractivity contribution is -0.394. The van der Waals surface area contributed by atoms with Gasteiger partial charge < -0.3 is 10.1 Å². The van der Waals surface area contributed by atoms with Gasteiger partial charge in [-0.3, -0.25) is 0 Å². The van der Waals surface area contributed by atoms with Gasteiger partial charge in [-0.15, -0.1) is 10.2 Å². The second kappa shape index (κ2) is 2.19. The van der Waals surface area contributed by atoms with E-state index in [0.29, 0.717) is 5.52 Å². The summed E-state index contributed by atoms with van der Waals surface area (Å²) in [6.07, 6.45) is 1.24. The Morgan fingerprint density at radius 3 is 3.08 bits per heavy atom. The first kappa shape index (κ1) is 6.58. The third-order valence-electron chi connectivity index (χ3n) is 1.23. The van der Waals surface area contributed by atoms with Gasteiger partial charge in [0.2, 0.25) is 0 Å². The van der Waals surface area contributed by atoms with E-state index in [4.69, 9.17) is 0 Å². The van der Waals surface area contributed by atoms with E-state index in [0.717, 1.165) is 0 Å². The summed E-state index contributed by atoms with van der Waals surface area (Å²) in [6, 6.07) is 0. The van der Waals surface area contributed by atoms with Crippen molar-refractivity contribution in [1.82, 2.24) is 25.4 Å². The molecule has 0 saturated heterocycles. The molecule has 0 radical (unpaired) electrons. The molecule has 12 heavy (non-hydrogen) atoms. The van der Waals surface area contributed by atoms with E-state index in [1.165, 1.54) is 6.20 Å². The molecule has 2 rings (SSSR count). The number of fused-ring (bicyclic) bond motifs is 1. The Morgan fingerprint density at radius 2 is 2.33 bits per heavy atom. The standard InChI is InChI=1S/C4H2N6O2/c11-10(12)4-5-1-2-3(6-4)8-9-7-2/h1H,(H,5,6,7,8,9). The number of H-pyrrole nitrogens is 1. The third kappa shape index (κ3) is 0.856. The average molecular weight is 166 g/mol. The molecule has 0 unspecified atom stereocenters. The van der Waals surface area contributed by atoms with Crippen LogP contribution in [0.3, 0.4) is 0 Å². The van der Waals surface area contributed by atoms with Gasteiger partial charge >= 0.3 is 5.95 Å². The molecular weight excluding hydrogens is 164 g/mol. The fourth-order valence-electron chi connectivity index (χ4n) is 0.733. The molecule has 0 aliphatic rings. The van der Waals surface area contributed by atoms with Crippen LogP contribution in [0, 0.1) is 10.1 Å². The minimum absolute atomic E-state index is 0.191. The molecule has 0 bridgehead atoms. The van der Waals surface area contributed by atoms with Crippen molar-refractivity contribution in [3.05, 3.63) is 16.3 Å². The lowest BCUT2D eigenvalue weighted by Gasteiger charge is -1.87. The summed E-state index contributed by atoms with van der Waals surface area (Å²) >= 11 is 0. The predicted molar refractivity (Wildman–Crippen MR) is 36.1 cm³/mol. The highest BCUT2D eigenvalue weighted by Gasteiger charge is 2.12. The summed E-state index contributed by atoms with van der Waals surface area (Å²) in [4.78, 5) is 16.5. The zero-order valence-electron chi connectivity index (χ0n) is 5.63. The Morgan fingerprint density at radius 1 is 1.50 bits per heavy atom.